The zero-order chi connectivity index (χ0) is 14.4. The fourth-order valence-electron chi connectivity index (χ4n) is 1.74. The van der Waals surface area contributed by atoms with Crippen LogP contribution in [0, 0.1) is 0 Å². The summed E-state index contributed by atoms with van der Waals surface area (Å²) in [6.07, 6.45) is 0. The van der Waals surface area contributed by atoms with Gasteiger partial charge in [-0.1, -0.05) is 36.4 Å². The molecular weight excluding hydrogens is 262 g/mol. The van der Waals surface area contributed by atoms with E-state index in [1.54, 1.807) is 0 Å². The molecule has 2 rings (SSSR count). The highest BCUT2D eigenvalue weighted by atomic mass is 28.3. The molecule has 0 saturated carbocycles. The molecule has 0 saturated heterocycles. The molecule has 3 nitrogen and oxygen atoms in total. The predicted molar refractivity (Wildman–Crippen MR) is 90.9 cm³/mol. The number of nitrogens with zero attached hydrogens (tertiary/aromatic N) is 1. The van der Waals surface area contributed by atoms with Crippen molar-refractivity contribution < 1.29 is 0 Å². The molecule has 0 aliphatic heterocycles. The zero-order valence-electron chi connectivity index (χ0n) is 12.2. The van der Waals surface area contributed by atoms with Gasteiger partial charge in [0.1, 0.15) is 0 Å². The molecule has 0 aromatic heterocycles. The molecule has 0 unspecified atom stereocenters. The first-order chi connectivity index (χ1) is 9.53. The Kier molecular flexibility index (Phi) is 4.58. The van der Waals surface area contributed by atoms with E-state index in [-0.39, 0.29) is 0 Å². The van der Waals surface area contributed by atoms with Gasteiger partial charge in [-0.05, 0) is 43.9 Å². The molecule has 0 bridgehead atoms. The van der Waals surface area contributed by atoms with Gasteiger partial charge in [0.05, 0.1) is 0 Å². The van der Waals surface area contributed by atoms with Crippen molar-refractivity contribution in [1.82, 2.24) is 0 Å². The molecule has 0 radical (unpaired) electrons. The van der Waals surface area contributed by atoms with Crippen LogP contribution in [0.5, 0.6) is 0 Å². The van der Waals surface area contributed by atoms with E-state index in [0.717, 1.165) is 17.3 Å². The molecule has 20 heavy (non-hydrogen) atoms. The summed E-state index contributed by atoms with van der Waals surface area (Å²) < 4.78 is 4.83. The number of hydrogen-bond acceptors (Lipinski definition) is 1. The van der Waals surface area contributed by atoms with E-state index < -0.39 is 8.24 Å². The van der Waals surface area contributed by atoms with Crippen molar-refractivity contribution in [3.8, 4) is 0 Å². The van der Waals surface area contributed by atoms with Crippen LogP contribution < -0.4 is 10.6 Å². The van der Waals surface area contributed by atoms with Crippen LogP contribution in [0.4, 0.5) is 11.4 Å². The lowest BCUT2D eigenvalue weighted by Crippen LogP contribution is -2.29. The molecule has 2 aromatic rings. The quantitative estimate of drug-likeness (QED) is 0.497. The highest BCUT2D eigenvalue weighted by molar-refractivity contribution is 6.75. The molecule has 104 valence electrons. The van der Waals surface area contributed by atoms with Crippen LogP contribution in [-0.2, 0) is 0 Å². The van der Waals surface area contributed by atoms with Gasteiger partial charge in [0.25, 0.3) is 0 Å². The summed E-state index contributed by atoms with van der Waals surface area (Å²) in [6, 6.07) is 20.2. The van der Waals surface area contributed by atoms with Gasteiger partial charge < -0.3 is 10.6 Å². The molecular formula is C16H21N3Si. The van der Waals surface area contributed by atoms with Gasteiger partial charge in [0.15, 0.2) is 14.2 Å². The maximum absolute atomic E-state index is 4.83. The predicted octanol–water partition coefficient (Wildman–Crippen LogP) is 4.40. The number of para-hydroxylation sites is 2. The van der Waals surface area contributed by atoms with Crippen LogP contribution in [0.1, 0.15) is 0 Å². The first-order valence-corrected chi connectivity index (χ1v) is 10.2. The Labute approximate surface area is 121 Å². The Morgan fingerprint density at radius 1 is 0.750 bits per heavy atom. The van der Waals surface area contributed by atoms with Crippen molar-refractivity contribution in [3.05, 3.63) is 60.7 Å². The summed E-state index contributed by atoms with van der Waals surface area (Å²) in [4.78, 5) is 0. The average molecular weight is 283 g/mol. The van der Waals surface area contributed by atoms with E-state index in [1.807, 2.05) is 60.7 Å². The van der Waals surface area contributed by atoms with Crippen molar-refractivity contribution >= 4 is 25.6 Å². The van der Waals surface area contributed by atoms with E-state index >= 15 is 0 Å². The van der Waals surface area contributed by atoms with Crippen molar-refractivity contribution in [2.75, 3.05) is 10.6 Å². The molecule has 0 aliphatic rings. The summed E-state index contributed by atoms with van der Waals surface area (Å²) >= 11 is 0. The number of rotatable bonds is 3. The van der Waals surface area contributed by atoms with E-state index in [1.165, 1.54) is 0 Å². The van der Waals surface area contributed by atoms with E-state index in [4.69, 9.17) is 4.66 Å². The minimum Gasteiger partial charge on any atom is -0.327 e. The summed E-state index contributed by atoms with van der Waals surface area (Å²) in [7, 11) is -1.57. The normalized spacial score (nSPS) is 10.8. The van der Waals surface area contributed by atoms with Gasteiger partial charge >= 0.3 is 0 Å². The van der Waals surface area contributed by atoms with Crippen LogP contribution >= 0.6 is 0 Å². The first-order valence-electron chi connectivity index (χ1n) is 6.77. The SMILES string of the molecule is C[Si](C)(C)N=C(Nc1ccccc1)Nc1ccccc1. The van der Waals surface area contributed by atoms with Crippen LogP contribution in [0.25, 0.3) is 0 Å². The number of anilines is 2. The Hall–Kier alpha value is -2.07. The minimum absolute atomic E-state index is 0.807. The largest absolute Gasteiger partial charge is 0.327 e. The molecule has 0 atom stereocenters. The molecule has 4 heteroatoms. The van der Waals surface area contributed by atoms with Gasteiger partial charge in [0, 0.05) is 11.4 Å². The lowest BCUT2D eigenvalue weighted by molar-refractivity contribution is 1.48. The molecule has 0 amide bonds. The van der Waals surface area contributed by atoms with Gasteiger partial charge in [0.2, 0.25) is 0 Å². The second-order valence-corrected chi connectivity index (χ2v) is 10.2. The van der Waals surface area contributed by atoms with Crippen LogP contribution in [-0.4, -0.2) is 14.2 Å². The minimum atomic E-state index is -1.57. The van der Waals surface area contributed by atoms with Crippen LogP contribution in [0.15, 0.2) is 65.3 Å². The Bertz CT molecular complexity index is 516. The fraction of sp³-hybridized carbons (Fsp3) is 0.188. The van der Waals surface area contributed by atoms with Crippen LogP contribution in [0.3, 0.4) is 0 Å². The summed E-state index contributed by atoms with van der Waals surface area (Å²) in [5, 5.41) is 6.72. The molecule has 0 heterocycles. The fourth-order valence-corrected chi connectivity index (χ4v) is 2.52. The highest BCUT2D eigenvalue weighted by Gasteiger charge is 2.13. The van der Waals surface area contributed by atoms with Crippen molar-refractivity contribution in [2.45, 2.75) is 19.6 Å². The van der Waals surface area contributed by atoms with E-state index in [0.29, 0.717) is 0 Å². The number of nitrogens with one attached hydrogen (secondary N) is 2. The maximum Gasteiger partial charge on any atom is 0.191 e. The highest BCUT2D eigenvalue weighted by Crippen LogP contribution is 2.11. The van der Waals surface area contributed by atoms with Gasteiger partial charge in [-0.15, -0.1) is 0 Å². The summed E-state index contributed by atoms with van der Waals surface area (Å²) in [6.45, 7) is 6.64. The van der Waals surface area contributed by atoms with E-state index in [2.05, 4.69) is 30.3 Å². The number of benzene rings is 2. The van der Waals surface area contributed by atoms with Gasteiger partial charge in [-0.3, -0.25) is 4.66 Å². The second-order valence-electron chi connectivity index (χ2n) is 5.61. The average Bonchev–Trinajstić information content (AvgIpc) is 2.39. The number of hydrogen-bond donors (Lipinski definition) is 2. The van der Waals surface area contributed by atoms with E-state index in [9.17, 15) is 0 Å². The lowest BCUT2D eigenvalue weighted by Gasteiger charge is -2.17. The molecule has 2 N–H and O–H groups in total. The Balaban J connectivity index is 2.20. The molecule has 0 spiro atoms. The first kappa shape index (κ1) is 14.3. The third-order valence-electron chi connectivity index (χ3n) is 2.52. The summed E-state index contributed by atoms with van der Waals surface area (Å²) in [5.74, 6) is 0.807. The second kappa shape index (κ2) is 6.39. The summed E-state index contributed by atoms with van der Waals surface area (Å²) in [5.41, 5.74) is 2.07. The molecule has 2 aromatic carbocycles. The zero-order valence-corrected chi connectivity index (χ0v) is 13.2. The monoisotopic (exact) mass is 283 g/mol. The standard InChI is InChI=1S/C16H21N3Si/c1-20(2,3)19-16(17-14-10-6-4-7-11-14)18-15-12-8-5-9-13-15/h4-13H,1-3H3,(H2,17,18,19). The van der Waals surface area contributed by atoms with Crippen molar-refractivity contribution in [1.29, 1.82) is 0 Å². The molecule has 0 aliphatic carbocycles. The number of guanidine groups is 1. The maximum atomic E-state index is 4.83. The lowest BCUT2D eigenvalue weighted by atomic mass is 10.3. The van der Waals surface area contributed by atoms with Crippen molar-refractivity contribution in [3.63, 3.8) is 0 Å². The third-order valence-corrected chi connectivity index (χ3v) is 3.41. The topological polar surface area (TPSA) is 36.4 Å². The third kappa shape index (κ3) is 4.89. The van der Waals surface area contributed by atoms with Gasteiger partial charge in [-0.2, -0.15) is 0 Å². The van der Waals surface area contributed by atoms with Gasteiger partial charge in [-0.25, -0.2) is 0 Å². The Morgan fingerprint density at radius 2 is 1.15 bits per heavy atom. The molecule has 0 fully saturated rings. The smallest absolute Gasteiger partial charge is 0.191 e. The Morgan fingerprint density at radius 3 is 1.50 bits per heavy atom. The van der Waals surface area contributed by atoms with Crippen LogP contribution in [0.2, 0.25) is 19.6 Å². The van der Waals surface area contributed by atoms with Crippen molar-refractivity contribution in [2.24, 2.45) is 4.66 Å².